The highest BCUT2D eigenvalue weighted by Gasteiger charge is 2.18. The first-order valence-corrected chi connectivity index (χ1v) is 9.45. The lowest BCUT2D eigenvalue weighted by molar-refractivity contribution is -0.137. The number of hydrogen-bond donors (Lipinski definition) is 0. The van der Waals surface area contributed by atoms with E-state index < -0.39 is 0 Å². The summed E-state index contributed by atoms with van der Waals surface area (Å²) in [5.41, 5.74) is 1.81. The molecule has 0 saturated heterocycles. The van der Waals surface area contributed by atoms with E-state index in [-0.39, 0.29) is 11.7 Å². The highest BCUT2D eigenvalue weighted by atomic mass is 35.5. The van der Waals surface area contributed by atoms with Crippen molar-refractivity contribution in [2.24, 2.45) is 0 Å². The Morgan fingerprint density at radius 1 is 1.15 bits per heavy atom. The van der Waals surface area contributed by atoms with E-state index in [1.165, 1.54) is 18.9 Å². The van der Waals surface area contributed by atoms with Gasteiger partial charge in [-0.3, -0.25) is 9.36 Å². The zero-order valence-electron chi connectivity index (χ0n) is 13.9. The summed E-state index contributed by atoms with van der Waals surface area (Å²) in [5, 5.41) is 10.2. The quantitative estimate of drug-likeness (QED) is 0.442. The summed E-state index contributed by atoms with van der Waals surface area (Å²) >= 11 is 13.6. The minimum Gasteiger partial charge on any atom is -0.468 e. The third-order valence-corrected chi connectivity index (χ3v) is 5.11. The predicted octanol–water partition coefficient (Wildman–Crippen LogP) is 4.57. The van der Waals surface area contributed by atoms with Crippen LogP contribution in [0.1, 0.15) is 5.56 Å². The number of benzene rings is 2. The summed E-state index contributed by atoms with van der Waals surface area (Å²) in [6.07, 6.45) is 0. The molecule has 5 nitrogen and oxygen atoms in total. The van der Waals surface area contributed by atoms with Gasteiger partial charge in [0.15, 0.2) is 11.0 Å². The summed E-state index contributed by atoms with van der Waals surface area (Å²) in [4.78, 5) is 11.5. The molecule has 2 aromatic carbocycles. The summed E-state index contributed by atoms with van der Waals surface area (Å²) in [6, 6.07) is 15.2. The van der Waals surface area contributed by atoms with Crippen LogP contribution in [0.2, 0.25) is 10.0 Å². The Morgan fingerprint density at radius 3 is 2.62 bits per heavy atom. The second-order valence-corrected chi connectivity index (χ2v) is 7.15. The molecule has 0 unspecified atom stereocenters. The fourth-order valence-corrected chi connectivity index (χ4v) is 3.62. The Kier molecular flexibility index (Phi) is 6.19. The number of halogens is 2. The van der Waals surface area contributed by atoms with Gasteiger partial charge in [-0.2, -0.15) is 0 Å². The van der Waals surface area contributed by atoms with Crippen molar-refractivity contribution in [3.63, 3.8) is 0 Å². The van der Waals surface area contributed by atoms with E-state index in [2.05, 4.69) is 10.2 Å². The van der Waals surface area contributed by atoms with E-state index in [9.17, 15) is 4.79 Å². The van der Waals surface area contributed by atoms with E-state index in [1.54, 1.807) is 12.1 Å². The van der Waals surface area contributed by atoms with Crippen molar-refractivity contribution < 1.29 is 9.53 Å². The zero-order chi connectivity index (χ0) is 18.5. The van der Waals surface area contributed by atoms with Crippen molar-refractivity contribution in [3.05, 3.63) is 64.1 Å². The number of carbonyl (C=O) groups is 1. The van der Waals surface area contributed by atoms with Gasteiger partial charge in [-0.15, -0.1) is 10.2 Å². The van der Waals surface area contributed by atoms with E-state index in [1.807, 2.05) is 41.0 Å². The Hall–Kier alpha value is -2.02. The number of hydrogen-bond acceptors (Lipinski definition) is 5. The number of carbonyl (C=O) groups excluding carboxylic acids is 1. The molecule has 134 valence electrons. The molecule has 26 heavy (non-hydrogen) atoms. The third kappa shape index (κ3) is 4.38. The monoisotopic (exact) mass is 407 g/mol. The molecule has 0 aliphatic carbocycles. The van der Waals surface area contributed by atoms with Gasteiger partial charge in [0.05, 0.1) is 24.4 Å². The number of ether oxygens (including phenoxy) is 1. The molecule has 0 amide bonds. The van der Waals surface area contributed by atoms with Gasteiger partial charge in [0.1, 0.15) is 0 Å². The molecule has 0 N–H and O–H groups in total. The number of thioether (sulfide) groups is 1. The maximum atomic E-state index is 11.5. The van der Waals surface area contributed by atoms with Crippen LogP contribution >= 0.6 is 35.0 Å². The molecule has 0 radical (unpaired) electrons. The van der Waals surface area contributed by atoms with Crippen LogP contribution < -0.4 is 0 Å². The molecule has 8 heteroatoms. The Balaban J connectivity index is 2.00. The minimum atomic E-state index is -0.324. The molecule has 3 rings (SSSR count). The van der Waals surface area contributed by atoms with Crippen molar-refractivity contribution in [2.75, 3.05) is 12.9 Å². The normalized spacial score (nSPS) is 10.7. The number of nitrogens with zero attached hydrogens (tertiary/aromatic N) is 3. The van der Waals surface area contributed by atoms with E-state index in [4.69, 9.17) is 27.9 Å². The van der Waals surface area contributed by atoms with Crippen LogP contribution in [0.5, 0.6) is 0 Å². The molecule has 3 aromatic rings. The smallest absolute Gasteiger partial charge is 0.316 e. The fraction of sp³-hybridized carbons (Fsp3) is 0.167. The molecule has 0 saturated carbocycles. The maximum absolute atomic E-state index is 11.5. The summed E-state index contributed by atoms with van der Waals surface area (Å²) in [7, 11) is 1.36. The first-order chi connectivity index (χ1) is 12.6. The average Bonchev–Trinajstić information content (AvgIpc) is 3.03. The summed E-state index contributed by atoms with van der Waals surface area (Å²) in [5.74, 6) is 0.441. The zero-order valence-corrected chi connectivity index (χ0v) is 16.2. The molecular weight excluding hydrogens is 393 g/mol. The van der Waals surface area contributed by atoms with Crippen LogP contribution in [0, 0.1) is 0 Å². The molecule has 0 aliphatic heterocycles. The van der Waals surface area contributed by atoms with Crippen LogP contribution in [0.4, 0.5) is 0 Å². The fourth-order valence-electron chi connectivity index (χ4n) is 2.36. The topological polar surface area (TPSA) is 57.0 Å². The van der Waals surface area contributed by atoms with Crippen molar-refractivity contribution in [1.82, 2.24) is 14.8 Å². The average molecular weight is 408 g/mol. The number of rotatable bonds is 6. The summed E-state index contributed by atoms with van der Waals surface area (Å²) < 4.78 is 6.63. The highest BCUT2D eigenvalue weighted by Crippen LogP contribution is 2.32. The van der Waals surface area contributed by atoms with Crippen LogP contribution in [0.3, 0.4) is 0 Å². The van der Waals surface area contributed by atoms with Gasteiger partial charge in [-0.25, -0.2) is 0 Å². The Labute approximate surface area is 165 Å². The predicted molar refractivity (Wildman–Crippen MR) is 104 cm³/mol. The van der Waals surface area contributed by atoms with E-state index >= 15 is 0 Å². The second-order valence-electron chi connectivity index (χ2n) is 5.37. The first kappa shape index (κ1) is 18.8. The molecular formula is C18H15Cl2N3O2S. The van der Waals surface area contributed by atoms with Crippen LogP contribution in [0.25, 0.3) is 11.4 Å². The van der Waals surface area contributed by atoms with Gasteiger partial charge in [0.2, 0.25) is 0 Å². The van der Waals surface area contributed by atoms with E-state index in [0.29, 0.717) is 27.6 Å². The second kappa shape index (κ2) is 8.58. The lowest BCUT2D eigenvalue weighted by atomic mass is 10.2. The number of esters is 1. The van der Waals surface area contributed by atoms with Crippen molar-refractivity contribution in [2.45, 2.75) is 11.7 Å². The largest absolute Gasteiger partial charge is 0.468 e. The van der Waals surface area contributed by atoms with Crippen LogP contribution in [-0.4, -0.2) is 33.6 Å². The standard InChI is InChI=1S/C18H15Cl2N3O2S/c1-25-16(24)11-26-18-22-21-17(14-8-7-13(19)9-15(14)20)23(18)10-12-5-3-2-4-6-12/h2-9H,10-11H2,1H3. The minimum absolute atomic E-state index is 0.151. The van der Waals surface area contributed by atoms with Gasteiger partial charge >= 0.3 is 5.97 Å². The SMILES string of the molecule is COC(=O)CSc1nnc(-c2ccc(Cl)cc2Cl)n1Cc1ccccc1. The van der Waals surface area contributed by atoms with Crippen molar-refractivity contribution in [1.29, 1.82) is 0 Å². The van der Waals surface area contributed by atoms with Gasteiger partial charge in [-0.1, -0.05) is 65.3 Å². The Morgan fingerprint density at radius 2 is 1.92 bits per heavy atom. The summed E-state index contributed by atoms with van der Waals surface area (Å²) in [6.45, 7) is 0.547. The molecule has 0 fully saturated rings. The molecule has 1 heterocycles. The maximum Gasteiger partial charge on any atom is 0.316 e. The van der Waals surface area contributed by atoms with Gasteiger partial charge in [0, 0.05) is 10.6 Å². The van der Waals surface area contributed by atoms with Crippen molar-refractivity contribution in [3.8, 4) is 11.4 Å². The van der Waals surface area contributed by atoms with Crippen molar-refractivity contribution >= 4 is 40.9 Å². The molecule has 0 atom stereocenters. The van der Waals surface area contributed by atoms with E-state index in [0.717, 1.165) is 11.1 Å². The first-order valence-electron chi connectivity index (χ1n) is 7.70. The van der Waals surface area contributed by atoms with Crippen LogP contribution in [0.15, 0.2) is 53.7 Å². The lowest BCUT2D eigenvalue weighted by Crippen LogP contribution is -2.07. The molecule has 0 aliphatic rings. The number of aromatic nitrogens is 3. The third-order valence-electron chi connectivity index (χ3n) is 3.62. The van der Waals surface area contributed by atoms with Gasteiger partial charge in [0.25, 0.3) is 0 Å². The van der Waals surface area contributed by atoms with Gasteiger partial charge < -0.3 is 4.74 Å². The van der Waals surface area contributed by atoms with Gasteiger partial charge in [-0.05, 0) is 23.8 Å². The molecule has 1 aromatic heterocycles. The number of methoxy groups -OCH3 is 1. The highest BCUT2D eigenvalue weighted by molar-refractivity contribution is 7.99. The molecule has 0 spiro atoms. The molecule has 0 bridgehead atoms. The Bertz CT molecular complexity index is 916. The lowest BCUT2D eigenvalue weighted by Gasteiger charge is -2.11. The van der Waals surface area contributed by atoms with Crippen LogP contribution in [-0.2, 0) is 16.1 Å².